The summed E-state index contributed by atoms with van der Waals surface area (Å²) in [6.07, 6.45) is 0. The molecule has 0 unspecified atom stereocenters. The van der Waals surface area contributed by atoms with Crippen LogP contribution in [0.1, 0.15) is 33.4 Å². The van der Waals surface area contributed by atoms with E-state index in [1.807, 2.05) is 6.07 Å². The monoisotopic (exact) mass is 253 g/mol. The van der Waals surface area contributed by atoms with Gasteiger partial charge < -0.3 is 5.73 Å². The van der Waals surface area contributed by atoms with E-state index >= 15 is 0 Å². The van der Waals surface area contributed by atoms with Gasteiger partial charge in [-0.1, -0.05) is 11.6 Å². The van der Waals surface area contributed by atoms with Crippen LogP contribution >= 0.6 is 0 Å². The number of rotatable bonds is 1. The van der Waals surface area contributed by atoms with Gasteiger partial charge in [-0.3, -0.25) is 0 Å². The molecule has 0 atom stereocenters. The van der Waals surface area contributed by atoms with Gasteiger partial charge in [0.2, 0.25) is 0 Å². The molecule has 100 valence electrons. The van der Waals surface area contributed by atoms with Gasteiger partial charge in [-0.05, 0) is 87.1 Å². The van der Waals surface area contributed by atoms with Crippen LogP contribution in [0.25, 0.3) is 11.1 Å². The summed E-state index contributed by atoms with van der Waals surface area (Å²) in [6, 6.07) is 6.27. The fourth-order valence-electron chi connectivity index (χ4n) is 2.79. The molecule has 0 aliphatic rings. The fourth-order valence-corrected chi connectivity index (χ4v) is 2.79. The zero-order chi connectivity index (χ0) is 14.3. The van der Waals surface area contributed by atoms with Gasteiger partial charge in [-0.2, -0.15) is 0 Å². The molecule has 0 fully saturated rings. The molecule has 0 saturated heterocycles. The molecule has 19 heavy (non-hydrogen) atoms. The summed E-state index contributed by atoms with van der Waals surface area (Å²) in [7, 11) is 0. The van der Waals surface area contributed by atoms with Crippen LogP contribution in [-0.4, -0.2) is 0 Å². The predicted octanol–water partition coefficient (Wildman–Crippen LogP) is 4.79. The summed E-state index contributed by atoms with van der Waals surface area (Å²) in [4.78, 5) is 0. The number of hydrogen-bond acceptors (Lipinski definition) is 1. The highest BCUT2D eigenvalue weighted by Gasteiger charge is 2.15. The molecule has 0 aliphatic heterocycles. The van der Waals surface area contributed by atoms with Crippen molar-refractivity contribution in [1.29, 1.82) is 0 Å². The van der Waals surface area contributed by atoms with E-state index in [9.17, 15) is 0 Å². The summed E-state index contributed by atoms with van der Waals surface area (Å²) in [5, 5.41) is 0. The van der Waals surface area contributed by atoms with Crippen LogP contribution in [0.3, 0.4) is 0 Å². The molecule has 0 radical (unpaired) electrons. The standard InChI is InChI=1S/C18H23N/c1-10-7-8-17(19)16(9-10)18-14(5)12(3)11(2)13(4)15(18)6/h7-9H,19H2,1-6H3. The number of hydrogen-bond donors (Lipinski definition) is 1. The Morgan fingerprint density at radius 3 is 1.68 bits per heavy atom. The minimum absolute atomic E-state index is 0.861. The van der Waals surface area contributed by atoms with Crippen molar-refractivity contribution in [3.05, 3.63) is 51.6 Å². The smallest absolute Gasteiger partial charge is 0.0394 e. The highest BCUT2D eigenvalue weighted by Crippen LogP contribution is 2.37. The molecule has 1 nitrogen and oxygen atoms in total. The lowest BCUT2D eigenvalue weighted by Gasteiger charge is -2.20. The van der Waals surface area contributed by atoms with Crippen molar-refractivity contribution in [2.24, 2.45) is 0 Å². The first-order chi connectivity index (χ1) is 8.84. The van der Waals surface area contributed by atoms with E-state index < -0.39 is 0 Å². The van der Waals surface area contributed by atoms with E-state index in [1.54, 1.807) is 0 Å². The Balaban J connectivity index is 2.87. The summed E-state index contributed by atoms with van der Waals surface area (Å²) < 4.78 is 0. The van der Waals surface area contributed by atoms with Crippen molar-refractivity contribution in [2.45, 2.75) is 41.5 Å². The lowest BCUT2D eigenvalue weighted by atomic mass is 9.85. The number of anilines is 1. The van der Waals surface area contributed by atoms with Gasteiger partial charge >= 0.3 is 0 Å². The maximum absolute atomic E-state index is 6.20. The second kappa shape index (κ2) is 4.73. The van der Waals surface area contributed by atoms with Gasteiger partial charge in [-0.25, -0.2) is 0 Å². The summed E-state index contributed by atoms with van der Waals surface area (Å²) in [5.41, 5.74) is 17.6. The predicted molar refractivity (Wildman–Crippen MR) is 84.7 cm³/mol. The van der Waals surface area contributed by atoms with Crippen LogP contribution in [0.2, 0.25) is 0 Å². The Hall–Kier alpha value is -1.76. The van der Waals surface area contributed by atoms with Crippen molar-refractivity contribution < 1.29 is 0 Å². The Kier molecular flexibility index (Phi) is 3.40. The average molecular weight is 253 g/mol. The Morgan fingerprint density at radius 2 is 1.16 bits per heavy atom. The molecule has 2 N–H and O–H groups in total. The SMILES string of the molecule is Cc1ccc(N)c(-c2c(C)c(C)c(C)c(C)c2C)c1. The Morgan fingerprint density at radius 1 is 0.684 bits per heavy atom. The molecule has 0 aromatic heterocycles. The van der Waals surface area contributed by atoms with Gasteiger partial charge in [-0.15, -0.1) is 0 Å². The Bertz CT molecular complexity index is 622. The molecule has 2 aromatic rings. The van der Waals surface area contributed by atoms with Crippen molar-refractivity contribution in [3.8, 4) is 11.1 Å². The van der Waals surface area contributed by atoms with Gasteiger partial charge in [0, 0.05) is 11.3 Å². The highest BCUT2D eigenvalue weighted by atomic mass is 14.6. The molecular weight excluding hydrogens is 230 g/mol. The number of nitrogens with two attached hydrogens (primary N) is 1. The molecule has 0 heterocycles. The molecule has 0 bridgehead atoms. The first-order valence-corrected chi connectivity index (χ1v) is 6.78. The average Bonchev–Trinajstić information content (AvgIpc) is 2.38. The lowest BCUT2D eigenvalue weighted by molar-refractivity contribution is 1.18. The molecule has 2 rings (SSSR count). The van der Waals surface area contributed by atoms with E-state index in [0.717, 1.165) is 5.69 Å². The molecule has 2 aromatic carbocycles. The zero-order valence-electron chi connectivity index (χ0n) is 12.8. The van der Waals surface area contributed by atoms with Crippen LogP contribution in [-0.2, 0) is 0 Å². The first kappa shape index (κ1) is 13.7. The van der Waals surface area contributed by atoms with Crippen LogP contribution in [0.4, 0.5) is 5.69 Å². The van der Waals surface area contributed by atoms with Crippen LogP contribution in [0.5, 0.6) is 0 Å². The molecule has 0 saturated carbocycles. The van der Waals surface area contributed by atoms with Crippen LogP contribution in [0, 0.1) is 41.5 Å². The summed E-state index contributed by atoms with van der Waals surface area (Å²) in [6.45, 7) is 13.1. The molecule has 0 aliphatic carbocycles. The van der Waals surface area contributed by atoms with Crippen molar-refractivity contribution >= 4 is 5.69 Å². The number of nitrogen functional groups attached to an aromatic ring is 1. The van der Waals surface area contributed by atoms with Crippen molar-refractivity contribution in [1.82, 2.24) is 0 Å². The molecule has 1 heteroatoms. The second-order valence-electron chi connectivity index (χ2n) is 5.59. The van der Waals surface area contributed by atoms with E-state index in [1.165, 1.54) is 44.5 Å². The van der Waals surface area contributed by atoms with Crippen molar-refractivity contribution in [2.75, 3.05) is 5.73 Å². The molecule has 0 spiro atoms. The minimum Gasteiger partial charge on any atom is -0.398 e. The normalized spacial score (nSPS) is 10.8. The quantitative estimate of drug-likeness (QED) is 0.727. The van der Waals surface area contributed by atoms with E-state index in [0.29, 0.717) is 0 Å². The van der Waals surface area contributed by atoms with E-state index in [4.69, 9.17) is 5.73 Å². The maximum Gasteiger partial charge on any atom is 0.0394 e. The Labute approximate surface area is 116 Å². The van der Waals surface area contributed by atoms with Crippen molar-refractivity contribution in [3.63, 3.8) is 0 Å². The lowest BCUT2D eigenvalue weighted by Crippen LogP contribution is -2.01. The van der Waals surface area contributed by atoms with Gasteiger partial charge in [0.1, 0.15) is 0 Å². The summed E-state index contributed by atoms with van der Waals surface area (Å²) in [5.74, 6) is 0. The van der Waals surface area contributed by atoms with E-state index in [2.05, 4.69) is 53.7 Å². The third kappa shape index (κ3) is 2.14. The number of benzene rings is 2. The van der Waals surface area contributed by atoms with Gasteiger partial charge in [0.15, 0.2) is 0 Å². The van der Waals surface area contributed by atoms with Crippen LogP contribution < -0.4 is 5.73 Å². The third-order valence-corrected chi connectivity index (χ3v) is 4.48. The van der Waals surface area contributed by atoms with Crippen LogP contribution in [0.15, 0.2) is 18.2 Å². The molecular formula is C18H23N. The fraction of sp³-hybridized carbons (Fsp3) is 0.333. The van der Waals surface area contributed by atoms with Gasteiger partial charge in [0.25, 0.3) is 0 Å². The largest absolute Gasteiger partial charge is 0.398 e. The van der Waals surface area contributed by atoms with E-state index in [-0.39, 0.29) is 0 Å². The number of aryl methyl sites for hydroxylation is 1. The maximum atomic E-state index is 6.20. The highest BCUT2D eigenvalue weighted by molar-refractivity contribution is 5.83. The first-order valence-electron chi connectivity index (χ1n) is 6.78. The second-order valence-corrected chi connectivity index (χ2v) is 5.59. The molecule has 0 amide bonds. The summed E-state index contributed by atoms with van der Waals surface area (Å²) >= 11 is 0. The topological polar surface area (TPSA) is 26.0 Å². The zero-order valence-corrected chi connectivity index (χ0v) is 12.8. The van der Waals surface area contributed by atoms with Gasteiger partial charge in [0.05, 0.1) is 0 Å². The minimum atomic E-state index is 0.861. The third-order valence-electron chi connectivity index (χ3n) is 4.48.